The van der Waals surface area contributed by atoms with Crippen LogP contribution in [0, 0.1) is 23.3 Å². The van der Waals surface area contributed by atoms with Crippen LogP contribution in [0.5, 0.6) is 0 Å². The van der Waals surface area contributed by atoms with Gasteiger partial charge in [-0.25, -0.2) is 0 Å². The predicted molar refractivity (Wildman–Crippen MR) is 210 cm³/mol. The monoisotopic (exact) mass is 794 g/mol. The van der Waals surface area contributed by atoms with Crippen molar-refractivity contribution in [3.63, 3.8) is 0 Å². The molecule has 0 aliphatic heterocycles. The van der Waals surface area contributed by atoms with Crippen LogP contribution in [0.4, 0.5) is 28.9 Å². The van der Waals surface area contributed by atoms with Crippen molar-refractivity contribution in [2.45, 2.75) is 65.5 Å². The molecule has 0 bridgehead atoms. The van der Waals surface area contributed by atoms with Gasteiger partial charge in [0.15, 0.2) is 0 Å². The minimum atomic E-state index is -5.08. The molecule has 2 aliphatic carbocycles. The molecule has 0 atom stereocenters. The van der Waals surface area contributed by atoms with E-state index in [1.807, 2.05) is 70.5 Å². The summed E-state index contributed by atoms with van der Waals surface area (Å²) in [5.74, 6) is -3.10. The molecule has 6 rings (SSSR count). The average Bonchev–Trinajstić information content (AvgIpc) is 3.90. The third kappa shape index (κ3) is 8.27. The summed E-state index contributed by atoms with van der Waals surface area (Å²) in [5, 5.41) is 1.18. The van der Waals surface area contributed by atoms with Gasteiger partial charge in [-0.3, -0.25) is 0 Å². The zero-order valence-electron chi connectivity index (χ0n) is 30.1. The molecule has 276 valence electrons. The van der Waals surface area contributed by atoms with E-state index in [4.69, 9.17) is 23.2 Å². The van der Waals surface area contributed by atoms with E-state index in [0.717, 1.165) is 36.8 Å². The van der Waals surface area contributed by atoms with Gasteiger partial charge in [-0.2, -0.15) is 0 Å². The van der Waals surface area contributed by atoms with Gasteiger partial charge in [0.25, 0.3) is 0 Å². The number of hydrogen-bond donors (Lipinski definition) is 0. The Bertz CT molecular complexity index is 1890. The third-order valence-corrected chi connectivity index (χ3v) is 18.7. The second-order valence-electron chi connectivity index (χ2n) is 13.7. The molecule has 0 N–H and O–H groups in total. The second kappa shape index (κ2) is 17.7. The summed E-state index contributed by atoms with van der Waals surface area (Å²) in [7, 11) is 0. The van der Waals surface area contributed by atoms with Crippen LogP contribution in [0.15, 0.2) is 117 Å². The Hall–Kier alpha value is -3.55. The molecular weight excluding hydrogens is 751 g/mol. The number of halogens is 6. The summed E-state index contributed by atoms with van der Waals surface area (Å²) in [4.78, 5) is 3.81. The first-order valence-electron chi connectivity index (χ1n) is 18.4. The van der Waals surface area contributed by atoms with Gasteiger partial charge >= 0.3 is 326 Å². The first-order valence-corrected chi connectivity index (χ1v) is 22.2. The van der Waals surface area contributed by atoms with Crippen LogP contribution in [-0.2, 0) is 29.7 Å². The standard InChI is InChI=1S/2C17H17ClF2N.2C5H5.Ti/c2*1-2-3-10-21(12-13-4-6-14(18)7-5-13)17-9-8-15(19)11-16(17)20;2*1-2-4-5-3-1;/h2*4-9H,2-3,10,12H2,1H3;2*1-3H,4H2;. The zero-order chi connectivity index (χ0) is 37.5. The van der Waals surface area contributed by atoms with Crippen LogP contribution in [0.25, 0.3) is 0 Å². The number of rotatable bonds is 16. The molecule has 53 heavy (non-hydrogen) atoms. The van der Waals surface area contributed by atoms with E-state index in [1.54, 1.807) is 24.3 Å². The van der Waals surface area contributed by atoms with E-state index in [1.165, 1.54) is 24.3 Å². The molecule has 0 fully saturated rings. The molecule has 0 amide bonds. The molecule has 2 aliphatic rings. The molecule has 2 nitrogen and oxygen atoms in total. The Morgan fingerprint density at radius 1 is 0.566 bits per heavy atom. The number of unbranched alkanes of at least 4 members (excludes halogenated alkanes) is 2. The second-order valence-corrected chi connectivity index (χ2v) is 20.5. The van der Waals surface area contributed by atoms with E-state index in [9.17, 15) is 0 Å². The Morgan fingerprint density at radius 3 is 1.30 bits per heavy atom. The Labute approximate surface area is 324 Å². The predicted octanol–water partition coefficient (Wildman–Crippen LogP) is 12.0. The molecular formula is C44H44Cl2F4N2Ti. The molecule has 0 saturated carbocycles. The van der Waals surface area contributed by atoms with Crippen molar-refractivity contribution in [3.8, 4) is 0 Å². The zero-order valence-corrected chi connectivity index (χ0v) is 33.2. The molecule has 4 aromatic carbocycles. The fraction of sp³-hybridized carbons (Fsp3) is 0.273. The van der Waals surface area contributed by atoms with E-state index in [-0.39, 0.29) is 19.1 Å². The molecule has 0 saturated heterocycles. The van der Waals surface area contributed by atoms with Gasteiger partial charge in [0.1, 0.15) is 0 Å². The number of hydrogen-bond acceptors (Lipinski definition) is 2. The summed E-state index contributed by atoms with van der Waals surface area (Å²) < 4.78 is 70.5. The average molecular weight is 796 g/mol. The van der Waals surface area contributed by atoms with Gasteiger partial charge in [-0.05, 0) is 0 Å². The van der Waals surface area contributed by atoms with Gasteiger partial charge in [0.05, 0.1) is 0 Å². The number of allylic oxidation sites excluding steroid dienone is 8. The topological polar surface area (TPSA) is 6.48 Å². The van der Waals surface area contributed by atoms with Gasteiger partial charge < -0.3 is 0 Å². The number of nitrogens with zero attached hydrogens (tertiary/aromatic N) is 2. The Morgan fingerprint density at radius 2 is 0.962 bits per heavy atom. The molecule has 0 unspecified atom stereocenters. The first-order chi connectivity index (χ1) is 25.7. The van der Waals surface area contributed by atoms with Crippen LogP contribution < -0.4 is 17.5 Å². The molecule has 0 spiro atoms. The molecule has 0 radical (unpaired) electrons. The number of benzene rings is 4. The minimum absolute atomic E-state index is 0.197. The van der Waals surface area contributed by atoms with Crippen molar-refractivity contribution >= 4 is 42.3 Å². The van der Waals surface area contributed by atoms with Gasteiger partial charge in [-0.15, -0.1) is 0 Å². The Balaban J connectivity index is 1.60. The van der Waals surface area contributed by atoms with E-state index in [2.05, 4.69) is 13.8 Å². The quantitative estimate of drug-likeness (QED) is 0.0823. The first kappa shape index (κ1) is 39.2. The van der Waals surface area contributed by atoms with Crippen molar-refractivity contribution in [1.29, 1.82) is 0 Å². The summed E-state index contributed by atoms with van der Waals surface area (Å²) in [6, 6.07) is 20.2. The summed E-state index contributed by atoms with van der Waals surface area (Å²) in [5.41, 5.74) is 2.24. The van der Waals surface area contributed by atoms with Gasteiger partial charge in [0.2, 0.25) is 0 Å². The van der Waals surface area contributed by atoms with Crippen LogP contribution in [0.1, 0.15) is 63.5 Å². The van der Waals surface area contributed by atoms with Gasteiger partial charge in [-0.1, -0.05) is 0 Å². The summed E-state index contributed by atoms with van der Waals surface area (Å²) in [6.07, 6.45) is 15.1. The van der Waals surface area contributed by atoms with E-state index < -0.39 is 39.9 Å². The molecule has 4 aromatic rings. The fourth-order valence-electron chi connectivity index (χ4n) is 7.57. The summed E-state index contributed by atoms with van der Waals surface area (Å²) in [6.45, 7) is 5.82. The van der Waals surface area contributed by atoms with Crippen molar-refractivity contribution in [2.24, 2.45) is 0 Å². The molecule has 9 heteroatoms. The third-order valence-electron chi connectivity index (χ3n) is 10.2. The summed E-state index contributed by atoms with van der Waals surface area (Å²) >= 11 is 7.26. The maximum absolute atomic E-state index is 17.9. The van der Waals surface area contributed by atoms with Crippen molar-refractivity contribution in [3.05, 3.63) is 161 Å². The van der Waals surface area contributed by atoms with Crippen LogP contribution >= 0.6 is 23.2 Å². The van der Waals surface area contributed by atoms with Crippen molar-refractivity contribution in [1.82, 2.24) is 0 Å². The maximum atomic E-state index is 17.9. The van der Waals surface area contributed by atoms with E-state index >= 15 is 17.6 Å². The Kier molecular flexibility index (Phi) is 13.1. The number of anilines is 2. The van der Waals surface area contributed by atoms with E-state index in [0.29, 0.717) is 56.8 Å². The van der Waals surface area contributed by atoms with Crippen LogP contribution in [0.2, 0.25) is 10.0 Å². The normalized spacial score (nSPS) is 13.8. The van der Waals surface area contributed by atoms with Crippen LogP contribution in [0.3, 0.4) is 0 Å². The fourth-order valence-corrected chi connectivity index (χ4v) is 16.1. The SMILES string of the molecule is CCCCN(Cc1ccc(Cl)cc1)c1ccc(F)[c]([Ti]([C]2=CC=CC2)([C]2=CC=CC2)[c]2c(F)ccc(N(CCCC)Cc3ccc(Cl)cc3)c2F)c1F. The molecule has 0 heterocycles. The molecule has 0 aromatic heterocycles. The van der Waals surface area contributed by atoms with Crippen molar-refractivity contribution < 1.29 is 34.2 Å². The van der Waals surface area contributed by atoms with Crippen LogP contribution in [-0.4, -0.2) is 13.1 Å². The van der Waals surface area contributed by atoms with Crippen molar-refractivity contribution in [2.75, 3.05) is 22.9 Å². The van der Waals surface area contributed by atoms with Gasteiger partial charge in [0, 0.05) is 0 Å².